The largest absolute Gasteiger partial charge is 0.479 e. The van der Waals surface area contributed by atoms with Crippen molar-refractivity contribution in [2.24, 2.45) is 0 Å². The molecule has 6 heteroatoms. The standard InChI is InChI=1S/C15H20N2O4/c1-15(21,13(18)19)10-16-14(20)17-8-4-7-11-5-2-3-6-12(11)9-17/h2-3,5-6,21H,4,7-10H2,1H3,(H,16,20)(H,18,19). The van der Waals surface area contributed by atoms with Crippen LogP contribution >= 0.6 is 0 Å². The highest BCUT2D eigenvalue weighted by molar-refractivity contribution is 5.79. The first kappa shape index (κ1) is 15.3. The second-order valence-corrected chi connectivity index (χ2v) is 5.53. The van der Waals surface area contributed by atoms with Crippen molar-refractivity contribution in [2.45, 2.75) is 31.9 Å². The van der Waals surface area contributed by atoms with Crippen LogP contribution in [-0.2, 0) is 17.8 Å². The van der Waals surface area contributed by atoms with Crippen molar-refractivity contribution in [3.8, 4) is 0 Å². The normalized spacial score (nSPS) is 17.3. The Balaban J connectivity index is 1.99. The van der Waals surface area contributed by atoms with E-state index in [1.807, 2.05) is 18.2 Å². The molecule has 1 aliphatic heterocycles. The summed E-state index contributed by atoms with van der Waals surface area (Å²) in [6.07, 6.45) is 1.78. The summed E-state index contributed by atoms with van der Waals surface area (Å²) in [5, 5.41) is 20.9. The third-order valence-electron chi connectivity index (χ3n) is 3.69. The summed E-state index contributed by atoms with van der Waals surface area (Å²) < 4.78 is 0. The number of rotatable bonds is 3. The molecule has 0 saturated heterocycles. The van der Waals surface area contributed by atoms with Gasteiger partial charge in [-0.1, -0.05) is 24.3 Å². The lowest BCUT2D eigenvalue weighted by Gasteiger charge is -2.24. The number of hydrogen-bond donors (Lipinski definition) is 3. The van der Waals surface area contributed by atoms with Gasteiger partial charge < -0.3 is 20.4 Å². The van der Waals surface area contributed by atoms with E-state index in [-0.39, 0.29) is 12.6 Å². The maximum absolute atomic E-state index is 12.1. The Morgan fingerprint density at radius 2 is 2.00 bits per heavy atom. The minimum atomic E-state index is -1.96. The van der Waals surface area contributed by atoms with Gasteiger partial charge in [-0.3, -0.25) is 0 Å². The molecule has 1 heterocycles. The summed E-state index contributed by atoms with van der Waals surface area (Å²) in [5.74, 6) is -1.36. The molecule has 3 N–H and O–H groups in total. The van der Waals surface area contributed by atoms with Gasteiger partial charge >= 0.3 is 12.0 Å². The van der Waals surface area contributed by atoms with Crippen LogP contribution in [0.2, 0.25) is 0 Å². The summed E-state index contributed by atoms with van der Waals surface area (Å²) in [4.78, 5) is 24.6. The average molecular weight is 292 g/mol. The second-order valence-electron chi connectivity index (χ2n) is 5.53. The van der Waals surface area contributed by atoms with Gasteiger partial charge in [0.25, 0.3) is 0 Å². The number of fused-ring (bicyclic) bond motifs is 1. The number of carboxylic acid groups (broad SMARTS) is 1. The highest BCUT2D eigenvalue weighted by Gasteiger charge is 2.31. The van der Waals surface area contributed by atoms with Gasteiger partial charge in [-0.2, -0.15) is 0 Å². The number of carbonyl (C=O) groups is 2. The molecule has 2 amide bonds. The molecular weight excluding hydrogens is 272 g/mol. The molecule has 0 radical (unpaired) electrons. The Labute approximate surface area is 123 Å². The zero-order chi connectivity index (χ0) is 15.5. The zero-order valence-electron chi connectivity index (χ0n) is 12.0. The van der Waals surface area contributed by atoms with Gasteiger partial charge in [0, 0.05) is 13.1 Å². The predicted molar refractivity (Wildman–Crippen MR) is 76.8 cm³/mol. The zero-order valence-corrected chi connectivity index (χ0v) is 12.0. The first-order chi connectivity index (χ1) is 9.90. The van der Waals surface area contributed by atoms with Gasteiger partial charge in [0.1, 0.15) is 0 Å². The van der Waals surface area contributed by atoms with Crippen molar-refractivity contribution in [3.05, 3.63) is 35.4 Å². The van der Waals surface area contributed by atoms with E-state index < -0.39 is 11.6 Å². The fourth-order valence-corrected chi connectivity index (χ4v) is 2.31. The molecule has 1 aromatic carbocycles. The molecule has 114 valence electrons. The van der Waals surface area contributed by atoms with Crippen LogP contribution in [0.25, 0.3) is 0 Å². The summed E-state index contributed by atoms with van der Waals surface area (Å²) >= 11 is 0. The number of aliphatic carboxylic acids is 1. The number of carboxylic acids is 1. The number of nitrogens with one attached hydrogen (secondary N) is 1. The van der Waals surface area contributed by atoms with Gasteiger partial charge in [-0.15, -0.1) is 0 Å². The highest BCUT2D eigenvalue weighted by Crippen LogP contribution is 2.18. The lowest BCUT2D eigenvalue weighted by molar-refractivity contribution is -0.155. The molecule has 0 spiro atoms. The van der Waals surface area contributed by atoms with Gasteiger partial charge in [0.05, 0.1) is 6.54 Å². The van der Waals surface area contributed by atoms with Gasteiger partial charge in [-0.05, 0) is 30.9 Å². The van der Waals surface area contributed by atoms with Crippen molar-refractivity contribution in [1.29, 1.82) is 0 Å². The third kappa shape index (κ3) is 3.72. The predicted octanol–water partition coefficient (Wildman–Crippen LogP) is 0.980. The number of urea groups is 1. The smallest absolute Gasteiger partial charge is 0.337 e. The molecule has 0 aromatic heterocycles. The Morgan fingerprint density at radius 1 is 1.33 bits per heavy atom. The van der Waals surface area contributed by atoms with Crippen LogP contribution in [0.1, 0.15) is 24.5 Å². The SMILES string of the molecule is CC(O)(CNC(=O)N1CCCc2ccccc2C1)C(=O)O. The molecule has 2 rings (SSSR count). The molecular formula is C15H20N2O4. The number of aryl methyl sites for hydroxylation is 1. The molecule has 0 fully saturated rings. The molecule has 0 aliphatic carbocycles. The van der Waals surface area contributed by atoms with E-state index in [1.165, 1.54) is 5.56 Å². The van der Waals surface area contributed by atoms with Crippen LogP contribution in [0.3, 0.4) is 0 Å². The van der Waals surface area contributed by atoms with Crippen LogP contribution in [0, 0.1) is 0 Å². The van der Waals surface area contributed by atoms with Crippen molar-refractivity contribution >= 4 is 12.0 Å². The lowest BCUT2D eigenvalue weighted by Crippen LogP contribution is -2.50. The summed E-state index contributed by atoms with van der Waals surface area (Å²) in [7, 11) is 0. The van der Waals surface area contributed by atoms with Crippen molar-refractivity contribution in [1.82, 2.24) is 10.2 Å². The minimum absolute atomic E-state index is 0.320. The van der Waals surface area contributed by atoms with E-state index in [0.29, 0.717) is 13.1 Å². The summed E-state index contributed by atoms with van der Waals surface area (Å²) in [5.41, 5.74) is 0.389. The van der Waals surface area contributed by atoms with Gasteiger partial charge in [0.2, 0.25) is 0 Å². The molecule has 1 atom stereocenters. The molecule has 21 heavy (non-hydrogen) atoms. The quantitative estimate of drug-likeness (QED) is 0.774. The second kappa shape index (κ2) is 6.13. The summed E-state index contributed by atoms with van der Waals surface area (Å²) in [6, 6.07) is 7.63. The van der Waals surface area contributed by atoms with E-state index in [9.17, 15) is 14.7 Å². The number of nitrogens with zero attached hydrogens (tertiary/aromatic N) is 1. The minimum Gasteiger partial charge on any atom is -0.479 e. The van der Waals surface area contributed by atoms with Gasteiger partial charge in [-0.25, -0.2) is 9.59 Å². The fourth-order valence-electron chi connectivity index (χ4n) is 2.31. The number of amides is 2. The fraction of sp³-hybridized carbons (Fsp3) is 0.467. The molecule has 0 bridgehead atoms. The number of aliphatic hydroxyl groups is 1. The Bertz CT molecular complexity index is 542. The van der Waals surface area contributed by atoms with Crippen LogP contribution in [0.4, 0.5) is 4.79 Å². The van der Waals surface area contributed by atoms with Gasteiger partial charge in [0.15, 0.2) is 5.60 Å². The van der Waals surface area contributed by atoms with Crippen LogP contribution in [0.5, 0.6) is 0 Å². The Hall–Kier alpha value is -2.08. The first-order valence-electron chi connectivity index (χ1n) is 6.95. The highest BCUT2D eigenvalue weighted by atomic mass is 16.4. The van der Waals surface area contributed by atoms with Crippen LogP contribution in [0.15, 0.2) is 24.3 Å². The Morgan fingerprint density at radius 3 is 2.67 bits per heavy atom. The maximum atomic E-state index is 12.1. The molecule has 6 nitrogen and oxygen atoms in total. The monoisotopic (exact) mass is 292 g/mol. The molecule has 1 aromatic rings. The Kier molecular flexibility index (Phi) is 4.47. The number of benzene rings is 1. The molecule has 1 unspecified atom stereocenters. The van der Waals surface area contributed by atoms with E-state index in [0.717, 1.165) is 25.3 Å². The van der Waals surface area contributed by atoms with E-state index in [1.54, 1.807) is 4.90 Å². The number of carbonyl (C=O) groups excluding carboxylic acids is 1. The molecule has 1 aliphatic rings. The van der Waals surface area contributed by atoms with Crippen molar-refractivity contribution in [2.75, 3.05) is 13.1 Å². The maximum Gasteiger partial charge on any atom is 0.337 e. The van der Waals surface area contributed by atoms with E-state index >= 15 is 0 Å². The lowest BCUT2D eigenvalue weighted by atomic mass is 10.0. The number of hydrogen-bond acceptors (Lipinski definition) is 3. The summed E-state index contributed by atoms with van der Waals surface area (Å²) in [6.45, 7) is 1.94. The molecule has 0 saturated carbocycles. The van der Waals surface area contributed by atoms with Crippen molar-refractivity contribution in [3.63, 3.8) is 0 Å². The first-order valence-corrected chi connectivity index (χ1v) is 6.95. The average Bonchev–Trinajstić information content (AvgIpc) is 2.66. The van der Waals surface area contributed by atoms with E-state index in [2.05, 4.69) is 11.4 Å². The van der Waals surface area contributed by atoms with Crippen molar-refractivity contribution < 1.29 is 19.8 Å². The van der Waals surface area contributed by atoms with Crippen LogP contribution < -0.4 is 5.32 Å². The topological polar surface area (TPSA) is 89.9 Å². The van der Waals surface area contributed by atoms with E-state index in [4.69, 9.17) is 5.11 Å². The van der Waals surface area contributed by atoms with Crippen LogP contribution in [-0.4, -0.2) is 45.8 Å². The third-order valence-corrected chi connectivity index (χ3v) is 3.69.